The molecule has 3 aromatic rings. The summed E-state index contributed by atoms with van der Waals surface area (Å²) in [5, 5.41) is 14.9. The molecular formula is C19H20ClN5O2. The Morgan fingerprint density at radius 3 is 2.59 bits per heavy atom. The molecule has 0 spiro atoms. The minimum atomic E-state index is 0.439. The molecule has 1 aromatic heterocycles. The number of nitrogens with zero attached hydrogens (tertiary/aromatic N) is 3. The summed E-state index contributed by atoms with van der Waals surface area (Å²) >= 11 is 6.05. The van der Waals surface area contributed by atoms with Crippen molar-refractivity contribution in [1.82, 2.24) is 15.2 Å². The zero-order chi connectivity index (χ0) is 19.1. The molecule has 2 aromatic carbocycles. The van der Waals surface area contributed by atoms with Crippen LogP contribution in [0, 0.1) is 0 Å². The van der Waals surface area contributed by atoms with Gasteiger partial charge in [-0.2, -0.15) is 10.1 Å². The van der Waals surface area contributed by atoms with Crippen LogP contribution in [-0.2, 0) is 6.42 Å². The van der Waals surface area contributed by atoms with Gasteiger partial charge in [-0.25, -0.2) is 0 Å². The summed E-state index contributed by atoms with van der Waals surface area (Å²) in [6.07, 6.45) is 2.36. The fraction of sp³-hybridized carbons (Fsp3) is 0.211. The number of hydrogen-bond acceptors (Lipinski definition) is 7. The molecule has 0 bridgehead atoms. The lowest BCUT2D eigenvalue weighted by Gasteiger charge is -2.11. The monoisotopic (exact) mass is 385 g/mol. The van der Waals surface area contributed by atoms with Crippen LogP contribution in [0.4, 0.5) is 17.5 Å². The van der Waals surface area contributed by atoms with E-state index in [9.17, 15) is 0 Å². The van der Waals surface area contributed by atoms with Crippen molar-refractivity contribution in [2.75, 3.05) is 31.4 Å². The molecule has 0 aliphatic heterocycles. The van der Waals surface area contributed by atoms with Crippen molar-refractivity contribution >= 4 is 29.1 Å². The van der Waals surface area contributed by atoms with E-state index in [1.165, 1.54) is 11.8 Å². The van der Waals surface area contributed by atoms with Gasteiger partial charge in [-0.05, 0) is 42.3 Å². The number of rotatable bonds is 8. The highest BCUT2D eigenvalue weighted by atomic mass is 35.5. The molecule has 0 saturated carbocycles. The summed E-state index contributed by atoms with van der Waals surface area (Å²) in [5.41, 5.74) is 1.89. The van der Waals surface area contributed by atoms with Crippen molar-refractivity contribution in [3.05, 3.63) is 59.2 Å². The van der Waals surface area contributed by atoms with Crippen molar-refractivity contribution < 1.29 is 9.47 Å². The highest BCUT2D eigenvalue weighted by Gasteiger charge is 2.07. The minimum Gasteiger partial charge on any atom is -0.497 e. The lowest BCUT2D eigenvalue weighted by Crippen LogP contribution is -2.09. The average Bonchev–Trinajstić information content (AvgIpc) is 2.69. The van der Waals surface area contributed by atoms with Gasteiger partial charge in [0.1, 0.15) is 11.5 Å². The largest absolute Gasteiger partial charge is 0.497 e. The molecule has 2 N–H and O–H groups in total. The summed E-state index contributed by atoms with van der Waals surface area (Å²) in [4.78, 5) is 4.42. The van der Waals surface area contributed by atoms with E-state index in [4.69, 9.17) is 21.1 Å². The number of benzene rings is 2. The van der Waals surface area contributed by atoms with Crippen LogP contribution in [0.2, 0.25) is 5.02 Å². The highest BCUT2D eigenvalue weighted by molar-refractivity contribution is 6.31. The van der Waals surface area contributed by atoms with Crippen molar-refractivity contribution in [2.45, 2.75) is 6.42 Å². The lowest BCUT2D eigenvalue weighted by atomic mass is 10.1. The van der Waals surface area contributed by atoms with Gasteiger partial charge in [0, 0.05) is 11.6 Å². The van der Waals surface area contributed by atoms with Crippen LogP contribution in [-0.4, -0.2) is 35.9 Å². The zero-order valence-electron chi connectivity index (χ0n) is 15.1. The van der Waals surface area contributed by atoms with Crippen LogP contribution in [0.3, 0.4) is 0 Å². The summed E-state index contributed by atoms with van der Waals surface area (Å²) in [5.74, 6) is 2.48. The van der Waals surface area contributed by atoms with Crippen molar-refractivity contribution in [3.63, 3.8) is 0 Å². The molecular weight excluding hydrogens is 366 g/mol. The number of hydrogen-bond donors (Lipinski definition) is 2. The van der Waals surface area contributed by atoms with Crippen molar-refractivity contribution in [3.8, 4) is 11.5 Å². The number of methoxy groups -OCH3 is 2. The maximum atomic E-state index is 6.05. The Bertz CT molecular complexity index is 890. The average molecular weight is 386 g/mol. The van der Waals surface area contributed by atoms with Gasteiger partial charge in [0.25, 0.3) is 0 Å². The van der Waals surface area contributed by atoms with Gasteiger partial charge in [-0.1, -0.05) is 23.7 Å². The molecule has 0 atom stereocenters. The number of ether oxygens (including phenoxy) is 2. The van der Waals surface area contributed by atoms with Crippen molar-refractivity contribution in [1.29, 1.82) is 0 Å². The maximum absolute atomic E-state index is 6.05. The van der Waals surface area contributed by atoms with Gasteiger partial charge < -0.3 is 20.1 Å². The Kier molecular flexibility index (Phi) is 6.27. The first kappa shape index (κ1) is 18.7. The number of nitrogens with one attached hydrogen (secondary N) is 2. The fourth-order valence-electron chi connectivity index (χ4n) is 2.47. The summed E-state index contributed by atoms with van der Waals surface area (Å²) in [6, 6.07) is 13.3. The number of anilines is 3. The molecule has 0 saturated heterocycles. The maximum Gasteiger partial charge on any atom is 0.244 e. The molecule has 0 unspecified atom stereocenters. The SMILES string of the molecule is COc1ccc(CCNc2nncc(Nc3cc(Cl)ccc3OC)n2)cc1. The molecule has 0 aliphatic rings. The molecule has 140 valence electrons. The predicted octanol–water partition coefficient (Wildman–Crippen LogP) is 3.94. The zero-order valence-corrected chi connectivity index (χ0v) is 15.8. The third kappa shape index (κ3) is 5.21. The molecule has 3 rings (SSSR count). The van der Waals surface area contributed by atoms with E-state index < -0.39 is 0 Å². The van der Waals surface area contributed by atoms with E-state index in [0.717, 1.165) is 12.2 Å². The topological polar surface area (TPSA) is 81.2 Å². The number of aromatic nitrogens is 3. The standard InChI is InChI=1S/C19H20ClN5O2/c1-26-15-6-3-13(4-7-15)9-10-21-19-24-18(12-22-25-19)23-16-11-14(20)5-8-17(16)27-2/h3-8,11-12H,9-10H2,1-2H3,(H2,21,23,24,25). The smallest absolute Gasteiger partial charge is 0.244 e. The van der Waals surface area contributed by atoms with Crippen LogP contribution >= 0.6 is 11.6 Å². The van der Waals surface area contributed by atoms with Crippen LogP contribution in [0.25, 0.3) is 0 Å². The summed E-state index contributed by atoms with van der Waals surface area (Å²) < 4.78 is 10.5. The second kappa shape index (κ2) is 9.05. The third-order valence-corrected chi connectivity index (χ3v) is 4.07. The second-order valence-electron chi connectivity index (χ2n) is 5.66. The normalized spacial score (nSPS) is 10.3. The molecule has 0 aliphatic carbocycles. The molecule has 7 nitrogen and oxygen atoms in total. The summed E-state index contributed by atoms with van der Waals surface area (Å²) in [6.45, 7) is 0.679. The van der Waals surface area contributed by atoms with Crippen LogP contribution in [0.15, 0.2) is 48.7 Å². The van der Waals surface area contributed by atoms with E-state index in [2.05, 4.69) is 25.8 Å². The van der Waals surface area contributed by atoms with Gasteiger partial charge in [0.05, 0.1) is 26.1 Å². The van der Waals surface area contributed by atoms with Crippen LogP contribution in [0.5, 0.6) is 11.5 Å². The van der Waals surface area contributed by atoms with Gasteiger partial charge in [0.15, 0.2) is 5.82 Å². The Balaban J connectivity index is 1.61. The predicted molar refractivity (Wildman–Crippen MR) is 106 cm³/mol. The van der Waals surface area contributed by atoms with Crippen LogP contribution < -0.4 is 20.1 Å². The quantitative estimate of drug-likeness (QED) is 0.607. The first-order chi connectivity index (χ1) is 13.2. The molecule has 0 radical (unpaired) electrons. The van der Waals surface area contributed by atoms with Gasteiger partial charge in [-0.15, -0.1) is 5.10 Å². The minimum absolute atomic E-state index is 0.439. The van der Waals surface area contributed by atoms with Gasteiger partial charge >= 0.3 is 0 Å². The van der Waals surface area contributed by atoms with Gasteiger partial charge in [0.2, 0.25) is 5.95 Å². The molecule has 27 heavy (non-hydrogen) atoms. The second-order valence-corrected chi connectivity index (χ2v) is 6.10. The Morgan fingerprint density at radius 2 is 1.85 bits per heavy atom. The lowest BCUT2D eigenvalue weighted by molar-refractivity contribution is 0.414. The van der Waals surface area contributed by atoms with E-state index in [0.29, 0.717) is 34.8 Å². The Morgan fingerprint density at radius 1 is 1.04 bits per heavy atom. The first-order valence-electron chi connectivity index (χ1n) is 8.35. The fourth-order valence-corrected chi connectivity index (χ4v) is 2.64. The highest BCUT2D eigenvalue weighted by Crippen LogP contribution is 2.29. The Labute approximate surface area is 162 Å². The van der Waals surface area contributed by atoms with E-state index in [1.54, 1.807) is 32.4 Å². The molecule has 0 fully saturated rings. The van der Waals surface area contributed by atoms with E-state index >= 15 is 0 Å². The third-order valence-electron chi connectivity index (χ3n) is 3.84. The van der Waals surface area contributed by atoms with E-state index in [1.807, 2.05) is 24.3 Å². The first-order valence-corrected chi connectivity index (χ1v) is 8.73. The molecule has 1 heterocycles. The van der Waals surface area contributed by atoms with Crippen molar-refractivity contribution in [2.24, 2.45) is 0 Å². The Hall–Kier alpha value is -3.06. The molecule has 0 amide bonds. The summed E-state index contributed by atoms with van der Waals surface area (Å²) in [7, 11) is 3.25. The van der Waals surface area contributed by atoms with Crippen LogP contribution in [0.1, 0.15) is 5.56 Å². The van der Waals surface area contributed by atoms with Gasteiger partial charge in [-0.3, -0.25) is 0 Å². The molecule has 8 heteroatoms. The number of halogens is 1. The van der Waals surface area contributed by atoms with E-state index in [-0.39, 0.29) is 0 Å².